The number of ether oxygens (including phenoxy) is 1. The second kappa shape index (κ2) is 12.9. The van der Waals surface area contributed by atoms with Gasteiger partial charge in [0.25, 0.3) is 11.8 Å². The van der Waals surface area contributed by atoms with E-state index < -0.39 is 51.9 Å². The molecule has 278 valence electrons. The van der Waals surface area contributed by atoms with E-state index in [0.717, 1.165) is 50.5 Å². The Hall–Kier alpha value is -5.36. The number of carbonyl (C=O) groups is 2. The van der Waals surface area contributed by atoms with E-state index in [-0.39, 0.29) is 22.6 Å². The lowest BCUT2D eigenvalue weighted by atomic mass is 9.94. The van der Waals surface area contributed by atoms with E-state index in [0.29, 0.717) is 27.3 Å². The average Bonchev–Trinajstić information content (AvgIpc) is 3.74. The molecule has 5 nitrogen and oxygen atoms in total. The number of thiophene rings is 1. The van der Waals surface area contributed by atoms with Crippen LogP contribution in [-0.4, -0.2) is 46.2 Å². The van der Waals surface area contributed by atoms with Gasteiger partial charge in [0.1, 0.15) is 5.75 Å². The second-order valence-electron chi connectivity index (χ2n) is 13.7. The molecule has 0 N–H and O–H groups in total. The monoisotopic (exact) mass is 760 g/mol. The first-order valence-corrected chi connectivity index (χ1v) is 17.8. The van der Waals surface area contributed by atoms with Crippen molar-refractivity contribution in [1.82, 2.24) is 9.47 Å². The van der Waals surface area contributed by atoms with Crippen LogP contribution >= 0.6 is 11.3 Å². The SMILES string of the molecule is COc1ccc(-c2cc(C3=C(c4ccc(CN5C(=O)C(=C(C)C)/C(=C/c6c(C)c7ccccc7n6C)C5=O)cc4)C(F)(F)C(F)(F)C3(F)F)c(C)s2)cc1. The van der Waals surface area contributed by atoms with Crippen LogP contribution in [0, 0.1) is 13.8 Å². The number of benzene rings is 3. The first kappa shape index (κ1) is 37.0. The third-order valence-corrected chi connectivity index (χ3v) is 11.3. The van der Waals surface area contributed by atoms with Crippen LogP contribution in [-0.2, 0) is 23.2 Å². The molecule has 1 aliphatic heterocycles. The van der Waals surface area contributed by atoms with Gasteiger partial charge in [-0.25, -0.2) is 0 Å². The summed E-state index contributed by atoms with van der Waals surface area (Å²) in [6, 6.07) is 20.2. The molecule has 0 unspecified atom stereocenters. The number of imide groups is 1. The highest BCUT2D eigenvalue weighted by molar-refractivity contribution is 7.15. The number of rotatable bonds is 7. The van der Waals surface area contributed by atoms with Crippen molar-refractivity contribution in [3.8, 4) is 16.2 Å². The van der Waals surface area contributed by atoms with Crippen LogP contribution in [0.15, 0.2) is 95.6 Å². The summed E-state index contributed by atoms with van der Waals surface area (Å²) in [7, 11) is 3.34. The average molecular weight is 761 g/mol. The first-order chi connectivity index (χ1) is 25.4. The van der Waals surface area contributed by atoms with Crippen LogP contribution in [0.25, 0.3) is 38.6 Å². The molecule has 54 heavy (non-hydrogen) atoms. The fraction of sp³-hybridized carbons (Fsp3) is 0.238. The highest BCUT2D eigenvalue weighted by atomic mass is 32.1. The third kappa shape index (κ3) is 5.44. The number of alkyl halides is 6. The fourth-order valence-corrected chi connectivity index (χ4v) is 8.37. The molecule has 12 heteroatoms. The predicted molar refractivity (Wildman–Crippen MR) is 199 cm³/mol. The second-order valence-corrected chi connectivity index (χ2v) is 15.0. The summed E-state index contributed by atoms with van der Waals surface area (Å²) >= 11 is 1.01. The Morgan fingerprint density at radius 2 is 1.43 bits per heavy atom. The summed E-state index contributed by atoms with van der Waals surface area (Å²) in [4.78, 5) is 29.2. The van der Waals surface area contributed by atoms with Crippen molar-refractivity contribution in [1.29, 1.82) is 0 Å². The molecule has 2 aliphatic rings. The zero-order valence-corrected chi connectivity index (χ0v) is 30.9. The summed E-state index contributed by atoms with van der Waals surface area (Å²) < 4.78 is 99.9. The van der Waals surface area contributed by atoms with E-state index in [4.69, 9.17) is 4.74 Å². The van der Waals surface area contributed by atoms with Gasteiger partial charge in [0.05, 0.1) is 24.8 Å². The molecule has 1 fully saturated rings. The molecule has 3 aromatic carbocycles. The lowest BCUT2D eigenvalue weighted by Crippen LogP contribution is -2.48. The number of carbonyl (C=O) groups excluding carboxylic acids is 2. The van der Waals surface area contributed by atoms with Crippen molar-refractivity contribution in [3.63, 3.8) is 0 Å². The van der Waals surface area contributed by atoms with E-state index in [1.54, 1.807) is 44.2 Å². The topological polar surface area (TPSA) is 51.5 Å². The van der Waals surface area contributed by atoms with E-state index in [2.05, 4.69) is 0 Å². The van der Waals surface area contributed by atoms with Crippen LogP contribution in [0.1, 0.15) is 46.7 Å². The molecule has 0 spiro atoms. The number of para-hydroxylation sites is 1. The molecule has 1 aliphatic carbocycles. The molecule has 0 bridgehead atoms. The standard InChI is InChI=1S/C42H34F6N2O3S/c1-22(2)35-31(19-33-23(3)29-9-7-8-10-32(29)49(33)5)38(51)50(39(35)52)21-25-11-13-27(14-12-25)36-37(41(45,46)42(47,48)40(36,43)44)30-20-34(54-24(30)4)26-15-17-28(53-6)18-16-26/h7-20H,21H2,1-6H3/b31-19-. The van der Waals surface area contributed by atoms with Crippen molar-refractivity contribution in [2.45, 2.75) is 52.0 Å². The van der Waals surface area contributed by atoms with Gasteiger partial charge in [0.15, 0.2) is 0 Å². The minimum atomic E-state index is -5.72. The molecule has 3 heterocycles. The zero-order valence-electron chi connectivity index (χ0n) is 30.1. The van der Waals surface area contributed by atoms with E-state index in [9.17, 15) is 9.59 Å². The maximum absolute atomic E-state index is 15.6. The number of nitrogens with zero attached hydrogens (tertiary/aromatic N) is 2. The predicted octanol–water partition coefficient (Wildman–Crippen LogP) is 10.7. The summed E-state index contributed by atoms with van der Waals surface area (Å²) in [6.45, 7) is 6.51. The Bertz CT molecular complexity index is 2430. The Morgan fingerprint density at radius 3 is 2.04 bits per heavy atom. The van der Waals surface area contributed by atoms with Crippen molar-refractivity contribution < 1.29 is 40.7 Å². The number of hydrogen-bond donors (Lipinski definition) is 0. The molecule has 7 rings (SSSR count). The zero-order chi connectivity index (χ0) is 39.1. The Kier molecular flexibility index (Phi) is 8.83. The number of allylic oxidation sites excluding steroid dienone is 3. The highest BCUT2D eigenvalue weighted by Crippen LogP contribution is 2.65. The van der Waals surface area contributed by atoms with Gasteiger partial charge in [-0.1, -0.05) is 48.0 Å². The number of halogens is 6. The largest absolute Gasteiger partial charge is 0.497 e. The maximum Gasteiger partial charge on any atom is 0.380 e. The molecule has 2 amide bonds. The lowest BCUT2D eigenvalue weighted by Gasteiger charge is -2.25. The molecule has 0 atom stereocenters. The molecule has 2 aromatic heterocycles. The van der Waals surface area contributed by atoms with Gasteiger partial charge in [-0.2, -0.15) is 26.3 Å². The van der Waals surface area contributed by atoms with Gasteiger partial charge < -0.3 is 9.30 Å². The number of methoxy groups -OCH3 is 1. The fourth-order valence-electron chi connectivity index (χ4n) is 7.34. The first-order valence-electron chi connectivity index (χ1n) is 16.9. The van der Waals surface area contributed by atoms with Crippen LogP contribution in [0.4, 0.5) is 26.3 Å². The number of likely N-dealkylation sites (tertiary alicyclic amines) is 1. The summed E-state index contributed by atoms with van der Waals surface area (Å²) in [5.74, 6) is -16.8. The van der Waals surface area contributed by atoms with Gasteiger partial charge in [-0.3, -0.25) is 14.5 Å². The normalized spacial score (nSPS) is 18.5. The molecular formula is C42H34F6N2O3S. The number of hydrogen-bond acceptors (Lipinski definition) is 4. The third-order valence-electron chi connectivity index (χ3n) is 10.2. The van der Waals surface area contributed by atoms with Crippen molar-refractivity contribution in [2.24, 2.45) is 7.05 Å². The highest BCUT2D eigenvalue weighted by Gasteiger charge is 2.80. The van der Waals surface area contributed by atoms with Gasteiger partial charge in [0.2, 0.25) is 0 Å². The molecular weight excluding hydrogens is 727 g/mol. The number of amides is 2. The van der Waals surface area contributed by atoms with Crippen LogP contribution in [0.2, 0.25) is 0 Å². The summed E-state index contributed by atoms with van der Waals surface area (Å²) in [5, 5.41) is 0.993. The quantitative estimate of drug-likeness (QED) is 0.0943. The number of aromatic nitrogens is 1. The van der Waals surface area contributed by atoms with Crippen molar-refractivity contribution in [2.75, 3.05) is 7.11 Å². The lowest BCUT2D eigenvalue weighted by molar-refractivity contribution is -0.254. The van der Waals surface area contributed by atoms with Gasteiger partial charge in [-0.15, -0.1) is 11.3 Å². The van der Waals surface area contributed by atoms with Crippen LogP contribution < -0.4 is 4.74 Å². The van der Waals surface area contributed by atoms with Crippen molar-refractivity contribution in [3.05, 3.63) is 128 Å². The Morgan fingerprint density at radius 1 is 0.815 bits per heavy atom. The van der Waals surface area contributed by atoms with E-state index >= 15 is 26.3 Å². The Balaban J connectivity index is 1.26. The molecule has 5 aromatic rings. The van der Waals surface area contributed by atoms with Gasteiger partial charge >= 0.3 is 17.8 Å². The molecule has 0 radical (unpaired) electrons. The maximum atomic E-state index is 15.6. The van der Waals surface area contributed by atoms with Crippen LogP contribution in [0.3, 0.4) is 0 Å². The van der Waals surface area contributed by atoms with E-state index in [1.165, 1.54) is 32.2 Å². The van der Waals surface area contributed by atoms with E-state index in [1.807, 2.05) is 42.8 Å². The van der Waals surface area contributed by atoms with Gasteiger partial charge in [0, 0.05) is 44.5 Å². The summed E-state index contributed by atoms with van der Waals surface area (Å²) in [5.41, 5.74) is 0.619. The number of fused-ring (bicyclic) bond motifs is 1. The molecule has 1 saturated heterocycles. The smallest absolute Gasteiger partial charge is 0.380 e. The summed E-state index contributed by atoms with van der Waals surface area (Å²) in [6.07, 6.45) is 1.68. The number of aryl methyl sites for hydroxylation is 3. The van der Waals surface area contributed by atoms with Crippen molar-refractivity contribution >= 4 is 51.3 Å². The minimum absolute atomic E-state index is 0.154. The van der Waals surface area contributed by atoms with Crippen LogP contribution in [0.5, 0.6) is 5.75 Å². The molecule has 0 saturated carbocycles. The minimum Gasteiger partial charge on any atom is -0.497 e. The van der Waals surface area contributed by atoms with Gasteiger partial charge in [-0.05, 0) is 98.0 Å². The Labute approximate surface area is 311 Å².